The average Bonchev–Trinajstić information content (AvgIpc) is 1.49. The Hall–Kier alpha value is -13.3. The summed E-state index contributed by atoms with van der Waals surface area (Å²) in [5.41, 5.74) is 17.7. The molecule has 448 valence electrons. The molecule has 0 N–H and O–H groups in total. The van der Waals surface area contributed by atoms with Crippen LogP contribution < -0.4 is 0 Å². The van der Waals surface area contributed by atoms with E-state index in [0.717, 1.165) is 143 Å². The fourth-order valence-electron chi connectivity index (χ4n) is 13.2. The molecular weight excluding hydrogens is 1180 g/mol. The largest absolute Gasteiger partial charge is 0.299 e. The summed E-state index contributed by atoms with van der Waals surface area (Å²) in [5.74, 6) is 3.81. The van der Waals surface area contributed by atoms with Crippen molar-refractivity contribution in [1.29, 1.82) is 0 Å². The number of pyridine rings is 4. The Balaban J connectivity index is 0.000000141. The fourth-order valence-corrected chi connectivity index (χ4v) is 13.2. The first-order valence-electron chi connectivity index (χ1n) is 31.8. The summed E-state index contributed by atoms with van der Waals surface area (Å²) in [4.78, 5) is 49.2. The molecule has 0 aliphatic heterocycles. The SMILES string of the molecule is c1ccc(-c2nc(-c3ccccc3)nc(-c3ccc4c(c3)c3cc(-c5ccccn5)ccc3c3nc5ccccn5c43)n2)cc1.c1ccc(-c2nc(-c3ccccc3)nc(-c3cccc(-c4ccc5c(c4)c4cc(-c6ccccn6)ccc4c4nc6ccccn6c54)c3)n2)cc1. The van der Waals surface area contributed by atoms with Gasteiger partial charge in [0, 0.05) is 90.8 Å². The lowest BCUT2D eigenvalue weighted by molar-refractivity contribution is 1.07. The number of nitrogens with zero attached hydrogens (tertiary/aromatic N) is 12. The number of hydrogen-bond donors (Lipinski definition) is 0. The topological polar surface area (TPSA) is 138 Å². The summed E-state index contributed by atoms with van der Waals surface area (Å²) >= 11 is 0. The Labute approximate surface area is 550 Å². The fraction of sp³-hybridized carbons (Fsp3) is 0. The lowest BCUT2D eigenvalue weighted by atomic mass is 9.93. The quantitative estimate of drug-likeness (QED) is 0.128. The highest BCUT2D eigenvalue weighted by atomic mass is 15.0. The monoisotopic (exact) mass is 1230 g/mol. The van der Waals surface area contributed by atoms with E-state index in [0.29, 0.717) is 34.9 Å². The first kappa shape index (κ1) is 55.5. The van der Waals surface area contributed by atoms with Crippen LogP contribution in [0.4, 0.5) is 0 Å². The van der Waals surface area contributed by atoms with Gasteiger partial charge in [0.2, 0.25) is 0 Å². The molecular formula is C84H52N12. The minimum Gasteiger partial charge on any atom is -0.299 e. The summed E-state index contributed by atoms with van der Waals surface area (Å²) in [6.07, 6.45) is 7.84. The summed E-state index contributed by atoms with van der Waals surface area (Å²) in [6.45, 7) is 0. The summed E-state index contributed by atoms with van der Waals surface area (Å²) in [5, 5.41) is 8.95. The average molecular weight is 1230 g/mol. The molecule has 0 fully saturated rings. The number of benzene rings is 11. The van der Waals surface area contributed by atoms with Crippen molar-refractivity contribution in [3.8, 4) is 102 Å². The molecule has 11 aromatic carbocycles. The van der Waals surface area contributed by atoms with E-state index in [1.54, 1.807) is 0 Å². The molecule has 0 spiro atoms. The van der Waals surface area contributed by atoms with Crippen LogP contribution in [0.15, 0.2) is 316 Å². The lowest BCUT2D eigenvalue weighted by Gasteiger charge is -2.12. The first-order chi connectivity index (χ1) is 47.6. The van der Waals surface area contributed by atoms with Gasteiger partial charge in [-0.05, 0) is 112 Å². The molecule has 0 saturated carbocycles. The van der Waals surface area contributed by atoms with Crippen LogP contribution >= 0.6 is 0 Å². The van der Waals surface area contributed by atoms with Crippen LogP contribution in [0, 0.1) is 0 Å². The van der Waals surface area contributed by atoms with Gasteiger partial charge in [-0.15, -0.1) is 0 Å². The predicted octanol–water partition coefficient (Wildman–Crippen LogP) is 19.8. The predicted molar refractivity (Wildman–Crippen MR) is 387 cm³/mol. The molecule has 8 aromatic heterocycles. The number of aromatic nitrogens is 12. The van der Waals surface area contributed by atoms with E-state index in [1.165, 1.54) is 0 Å². The molecule has 0 amide bonds. The van der Waals surface area contributed by atoms with Gasteiger partial charge >= 0.3 is 0 Å². The Kier molecular flexibility index (Phi) is 13.5. The molecule has 19 rings (SSSR count). The van der Waals surface area contributed by atoms with Crippen molar-refractivity contribution < 1.29 is 0 Å². The van der Waals surface area contributed by atoms with Crippen molar-refractivity contribution >= 4 is 76.5 Å². The molecule has 0 unspecified atom stereocenters. The molecule has 0 saturated heterocycles. The van der Waals surface area contributed by atoms with Gasteiger partial charge in [0.15, 0.2) is 34.9 Å². The molecule has 12 nitrogen and oxygen atoms in total. The van der Waals surface area contributed by atoms with E-state index in [1.807, 2.05) is 182 Å². The standard InChI is InChI=1S/C45H28N6.C39H24N6/c1-3-12-29(13-4-1)43-48-44(30-14-5-2-6-15-30)50-45(49-43)34-17-11-16-31(26-34)32-20-23-36-38(27-32)37-28-33(39-18-7-9-24-46-39)21-22-35(37)41-42(36)51-25-10-8-19-40(51)47-41;1-3-11-25(12-4-1)37-42-38(26-13-5-2-6-14-26)44-39(43-37)28-18-20-30-32(24-28)31-23-27(33-15-7-9-21-40-33)17-19-29(31)35-36(30)45-22-10-8-16-34(45)41-35/h1-28H;1-24H. The molecule has 0 atom stereocenters. The smallest absolute Gasteiger partial charge is 0.164 e. The molecule has 0 radical (unpaired) electrons. The summed E-state index contributed by atoms with van der Waals surface area (Å²) in [6, 6.07) is 99.4. The maximum Gasteiger partial charge on any atom is 0.164 e. The second kappa shape index (κ2) is 23.4. The highest BCUT2D eigenvalue weighted by molar-refractivity contribution is 6.26. The van der Waals surface area contributed by atoms with Crippen molar-refractivity contribution in [2.45, 2.75) is 0 Å². The third-order valence-corrected chi connectivity index (χ3v) is 17.8. The zero-order valence-electron chi connectivity index (χ0n) is 51.4. The number of fused-ring (bicyclic) bond motifs is 16. The van der Waals surface area contributed by atoms with E-state index >= 15 is 0 Å². The van der Waals surface area contributed by atoms with E-state index in [-0.39, 0.29) is 0 Å². The van der Waals surface area contributed by atoms with Gasteiger partial charge in [0.1, 0.15) is 11.3 Å². The van der Waals surface area contributed by atoms with Crippen LogP contribution in [-0.2, 0) is 0 Å². The summed E-state index contributed by atoms with van der Waals surface area (Å²) < 4.78 is 4.37. The molecule has 8 heterocycles. The zero-order chi connectivity index (χ0) is 63.5. The normalized spacial score (nSPS) is 11.5. The van der Waals surface area contributed by atoms with Crippen molar-refractivity contribution in [1.82, 2.24) is 58.6 Å². The minimum absolute atomic E-state index is 0.622. The molecule has 0 aliphatic carbocycles. The van der Waals surface area contributed by atoms with Gasteiger partial charge in [-0.1, -0.05) is 212 Å². The third-order valence-electron chi connectivity index (χ3n) is 17.8. The Bertz CT molecular complexity index is 6070. The highest BCUT2D eigenvalue weighted by Crippen LogP contribution is 2.42. The van der Waals surface area contributed by atoms with Gasteiger partial charge < -0.3 is 0 Å². The Morgan fingerprint density at radius 1 is 0.198 bits per heavy atom. The molecule has 19 aromatic rings. The van der Waals surface area contributed by atoms with Gasteiger partial charge in [0.05, 0.1) is 33.5 Å². The number of rotatable bonds is 9. The first-order valence-corrected chi connectivity index (χ1v) is 31.8. The van der Waals surface area contributed by atoms with Crippen molar-refractivity contribution in [3.63, 3.8) is 0 Å². The van der Waals surface area contributed by atoms with Crippen LogP contribution in [0.3, 0.4) is 0 Å². The van der Waals surface area contributed by atoms with Crippen LogP contribution in [-0.4, -0.2) is 58.6 Å². The van der Waals surface area contributed by atoms with E-state index in [2.05, 4.69) is 152 Å². The summed E-state index contributed by atoms with van der Waals surface area (Å²) in [7, 11) is 0. The van der Waals surface area contributed by atoms with Crippen LogP contribution in [0.2, 0.25) is 0 Å². The molecule has 0 bridgehead atoms. The lowest BCUT2D eigenvalue weighted by Crippen LogP contribution is -2.00. The number of imidazole rings is 2. The van der Waals surface area contributed by atoms with Gasteiger partial charge in [-0.2, -0.15) is 0 Å². The van der Waals surface area contributed by atoms with Gasteiger partial charge in [-0.3, -0.25) is 18.8 Å². The van der Waals surface area contributed by atoms with Crippen molar-refractivity contribution in [3.05, 3.63) is 316 Å². The van der Waals surface area contributed by atoms with E-state index in [9.17, 15) is 0 Å². The molecule has 12 heteroatoms. The second-order valence-electron chi connectivity index (χ2n) is 23.6. The van der Waals surface area contributed by atoms with Gasteiger partial charge in [-0.25, -0.2) is 39.9 Å². The third kappa shape index (κ3) is 9.97. The van der Waals surface area contributed by atoms with Crippen LogP contribution in [0.1, 0.15) is 0 Å². The Morgan fingerprint density at radius 2 is 0.510 bits per heavy atom. The van der Waals surface area contributed by atoms with E-state index in [4.69, 9.17) is 39.9 Å². The maximum absolute atomic E-state index is 5.11. The van der Waals surface area contributed by atoms with Crippen molar-refractivity contribution in [2.24, 2.45) is 0 Å². The highest BCUT2D eigenvalue weighted by Gasteiger charge is 2.21. The second-order valence-corrected chi connectivity index (χ2v) is 23.6. The van der Waals surface area contributed by atoms with Crippen LogP contribution in [0.5, 0.6) is 0 Å². The van der Waals surface area contributed by atoms with E-state index < -0.39 is 0 Å². The molecule has 0 aliphatic rings. The van der Waals surface area contributed by atoms with Crippen molar-refractivity contribution in [2.75, 3.05) is 0 Å². The van der Waals surface area contributed by atoms with Gasteiger partial charge in [0.25, 0.3) is 0 Å². The minimum atomic E-state index is 0.622. The maximum atomic E-state index is 5.11. The van der Waals surface area contributed by atoms with Crippen LogP contribution in [0.25, 0.3) is 178 Å². The zero-order valence-corrected chi connectivity index (χ0v) is 51.4. The Morgan fingerprint density at radius 3 is 0.938 bits per heavy atom. The molecule has 96 heavy (non-hydrogen) atoms. The number of hydrogen-bond acceptors (Lipinski definition) is 10.